The van der Waals surface area contributed by atoms with E-state index in [1.165, 1.54) is 12.1 Å². The first-order valence-electron chi connectivity index (χ1n) is 6.65. The molecule has 1 unspecified atom stereocenters. The Morgan fingerprint density at radius 1 is 1.29 bits per heavy atom. The number of pyridine rings is 1. The maximum Gasteiger partial charge on any atom is 0.233 e. The topological polar surface area (TPSA) is 51.2 Å². The fourth-order valence-corrected chi connectivity index (χ4v) is 2.04. The summed E-state index contributed by atoms with van der Waals surface area (Å²) in [4.78, 5) is 16.6. The van der Waals surface area contributed by atoms with Crippen molar-refractivity contribution in [1.82, 2.24) is 10.3 Å². The van der Waals surface area contributed by atoms with Gasteiger partial charge in [0.05, 0.1) is 12.3 Å². The Hall–Kier alpha value is -2.27. The van der Waals surface area contributed by atoms with Crippen LogP contribution in [0.3, 0.4) is 0 Å². The average Bonchev–Trinajstić information content (AvgIpc) is 2.51. The third kappa shape index (κ3) is 4.10. The second kappa shape index (κ2) is 7.50. The summed E-state index contributed by atoms with van der Waals surface area (Å²) >= 11 is 0. The van der Waals surface area contributed by atoms with Gasteiger partial charge in [-0.3, -0.25) is 9.78 Å². The summed E-state index contributed by atoms with van der Waals surface area (Å²) in [6.45, 7) is 0.851. The summed E-state index contributed by atoms with van der Waals surface area (Å²) in [5.74, 6) is -1.08. The zero-order valence-corrected chi connectivity index (χ0v) is 11.8. The highest BCUT2D eigenvalue weighted by Crippen LogP contribution is 2.23. The summed E-state index contributed by atoms with van der Waals surface area (Å²) in [5, 5.41) is 2.80. The van der Waals surface area contributed by atoms with E-state index in [1.54, 1.807) is 37.6 Å². The van der Waals surface area contributed by atoms with E-state index in [-0.39, 0.29) is 11.7 Å². The number of amides is 1. The first-order valence-corrected chi connectivity index (χ1v) is 6.65. The third-order valence-corrected chi connectivity index (χ3v) is 3.05. The lowest BCUT2D eigenvalue weighted by Crippen LogP contribution is -2.32. The molecule has 0 radical (unpaired) electrons. The minimum absolute atomic E-state index is 0.183. The van der Waals surface area contributed by atoms with E-state index in [9.17, 15) is 9.18 Å². The number of halogens is 1. The number of nitrogens with zero attached hydrogens (tertiary/aromatic N) is 1. The number of benzene rings is 1. The minimum Gasteiger partial charge on any atom is -0.383 e. The molecule has 0 aliphatic carbocycles. The maximum atomic E-state index is 13.1. The van der Waals surface area contributed by atoms with Crippen LogP contribution < -0.4 is 5.32 Å². The minimum atomic E-state index is -0.566. The molecule has 0 spiro atoms. The molecule has 0 bridgehead atoms. The number of carbonyl (C=O) groups is 1. The molecule has 0 fully saturated rings. The van der Waals surface area contributed by atoms with Crippen molar-refractivity contribution in [2.75, 3.05) is 20.3 Å². The highest BCUT2D eigenvalue weighted by atomic mass is 19.1. The molecule has 1 heterocycles. The summed E-state index contributed by atoms with van der Waals surface area (Å²) in [5.41, 5.74) is 1.32. The highest BCUT2D eigenvalue weighted by Gasteiger charge is 2.23. The molecule has 0 saturated carbocycles. The predicted molar refractivity (Wildman–Crippen MR) is 77.4 cm³/mol. The molecular formula is C16H17FN2O2. The molecule has 0 aliphatic heterocycles. The summed E-state index contributed by atoms with van der Waals surface area (Å²) in [6.07, 6.45) is 1.63. The van der Waals surface area contributed by atoms with Crippen LogP contribution in [0.15, 0.2) is 48.7 Å². The third-order valence-electron chi connectivity index (χ3n) is 3.05. The lowest BCUT2D eigenvalue weighted by atomic mass is 9.94. The van der Waals surface area contributed by atoms with Crippen molar-refractivity contribution in [2.45, 2.75) is 5.92 Å². The van der Waals surface area contributed by atoms with Crippen molar-refractivity contribution in [2.24, 2.45) is 0 Å². The Kier molecular flexibility index (Phi) is 5.40. The second-order valence-corrected chi connectivity index (χ2v) is 4.52. The van der Waals surface area contributed by atoms with Gasteiger partial charge in [0.2, 0.25) is 5.91 Å². The summed E-state index contributed by atoms with van der Waals surface area (Å²) < 4.78 is 18.0. The number of methoxy groups -OCH3 is 1. The van der Waals surface area contributed by atoms with Crippen LogP contribution in [0, 0.1) is 5.82 Å². The van der Waals surface area contributed by atoms with Gasteiger partial charge in [0, 0.05) is 19.9 Å². The first-order chi connectivity index (χ1) is 10.2. The van der Waals surface area contributed by atoms with Gasteiger partial charge in [-0.25, -0.2) is 4.39 Å². The van der Waals surface area contributed by atoms with Crippen molar-refractivity contribution >= 4 is 5.91 Å². The Morgan fingerprint density at radius 3 is 2.67 bits per heavy atom. The van der Waals surface area contributed by atoms with Crippen LogP contribution in [-0.2, 0) is 9.53 Å². The van der Waals surface area contributed by atoms with E-state index in [1.807, 2.05) is 6.07 Å². The zero-order valence-electron chi connectivity index (χ0n) is 11.8. The molecule has 0 aliphatic rings. The second-order valence-electron chi connectivity index (χ2n) is 4.52. The van der Waals surface area contributed by atoms with E-state index in [0.29, 0.717) is 24.4 Å². The maximum absolute atomic E-state index is 13.1. The normalized spacial score (nSPS) is 11.9. The van der Waals surface area contributed by atoms with Crippen LogP contribution in [0.4, 0.5) is 4.39 Å². The molecule has 2 aromatic rings. The molecule has 1 N–H and O–H groups in total. The quantitative estimate of drug-likeness (QED) is 0.828. The van der Waals surface area contributed by atoms with Gasteiger partial charge >= 0.3 is 0 Å². The number of hydrogen-bond acceptors (Lipinski definition) is 3. The molecule has 0 saturated heterocycles. The summed E-state index contributed by atoms with van der Waals surface area (Å²) in [7, 11) is 1.57. The fraction of sp³-hybridized carbons (Fsp3) is 0.250. The molecule has 110 valence electrons. The molecule has 4 nitrogen and oxygen atoms in total. The van der Waals surface area contributed by atoms with Gasteiger partial charge in [0.1, 0.15) is 11.7 Å². The number of nitrogens with one attached hydrogen (secondary N) is 1. The Labute approximate surface area is 123 Å². The van der Waals surface area contributed by atoms with Gasteiger partial charge in [0.15, 0.2) is 0 Å². The first kappa shape index (κ1) is 15.1. The molecule has 2 rings (SSSR count). The number of aromatic nitrogens is 1. The fourth-order valence-electron chi connectivity index (χ4n) is 2.04. The van der Waals surface area contributed by atoms with Crippen LogP contribution in [0.1, 0.15) is 17.2 Å². The van der Waals surface area contributed by atoms with Crippen molar-refractivity contribution < 1.29 is 13.9 Å². The molecule has 21 heavy (non-hydrogen) atoms. The largest absolute Gasteiger partial charge is 0.383 e. The zero-order chi connectivity index (χ0) is 15.1. The standard InChI is InChI=1S/C16H17FN2O2/c1-21-11-10-19-16(20)15(14-4-2-3-9-18-14)12-5-7-13(17)8-6-12/h2-9,15H,10-11H2,1H3,(H,19,20). The van der Waals surface area contributed by atoms with Crippen LogP contribution in [-0.4, -0.2) is 31.2 Å². The van der Waals surface area contributed by atoms with Crippen LogP contribution in [0.2, 0.25) is 0 Å². The Morgan fingerprint density at radius 2 is 2.05 bits per heavy atom. The van der Waals surface area contributed by atoms with Crippen molar-refractivity contribution in [3.8, 4) is 0 Å². The predicted octanol–water partition coefficient (Wildman–Crippen LogP) is 2.12. The molecule has 1 atom stereocenters. The Bertz CT molecular complexity index is 573. The van der Waals surface area contributed by atoms with Gasteiger partial charge in [-0.15, -0.1) is 0 Å². The van der Waals surface area contributed by atoms with Crippen molar-refractivity contribution in [3.63, 3.8) is 0 Å². The van der Waals surface area contributed by atoms with Crippen molar-refractivity contribution in [1.29, 1.82) is 0 Å². The lowest BCUT2D eigenvalue weighted by molar-refractivity contribution is -0.121. The van der Waals surface area contributed by atoms with Gasteiger partial charge in [-0.1, -0.05) is 18.2 Å². The average molecular weight is 288 g/mol. The van der Waals surface area contributed by atoms with Gasteiger partial charge < -0.3 is 10.1 Å². The lowest BCUT2D eigenvalue weighted by Gasteiger charge is -2.16. The number of rotatable bonds is 6. The SMILES string of the molecule is COCCNC(=O)C(c1ccc(F)cc1)c1ccccn1. The smallest absolute Gasteiger partial charge is 0.233 e. The summed E-state index contributed by atoms with van der Waals surface area (Å²) in [6, 6.07) is 11.3. The monoisotopic (exact) mass is 288 g/mol. The van der Waals surface area contributed by atoms with Gasteiger partial charge in [-0.05, 0) is 29.8 Å². The van der Waals surface area contributed by atoms with E-state index < -0.39 is 5.92 Å². The van der Waals surface area contributed by atoms with Crippen LogP contribution in [0.5, 0.6) is 0 Å². The van der Waals surface area contributed by atoms with Crippen LogP contribution >= 0.6 is 0 Å². The highest BCUT2D eigenvalue weighted by molar-refractivity contribution is 5.86. The van der Waals surface area contributed by atoms with Gasteiger partial charge in [-0.2, -0.15) is 0 Å². The number of hydrogen-bond donors (Lipinski definition) is 1. The van der Waals surface area contributed by atoms with E-state index in [2.05, 4.69) is 10.3 Å². The van der Waals surface area contributed by atoms with Gasteiger partial charge in [0.25, 0.3) is 0 Å². The molecule has 1 aromatic carbocycles. The number of ether oxygens (including phenoxy) is 1. The van der Waals surface area contributed by atoms with Crippen molar-refractivity contribution in [3.05, 3.63) is 65.7 Å². The van der Waals surface area contributed by atoms with Crippen LogP contribution in [0.25, 0.3) is 0 Å². The van der Waals surface area contributed by atoms with E-state index in [4.69, 9.17) is 4.74 Å². The van der Waals surface area contributed by atoms with E-state index >= 15 is 0 Å². The molecular weight excluding hydrogens is 271 g/mol. The molecule has 5 heteroatoms. The molecule has 1 aromatic heterocycles. The van der Waals surface area contributed by atoms with E-state index in [0.717, 1.165) is 0 Å². The number of carbonyl (C=O) groups excluding carboxylic acids is 1. The Balaban J connectivity index is 2.26. The molecule has 1 amide bonds.